The average Bonchev–Trinajstić information content (AvgIpc) is 3.32. The number of amides is 1. The molecule has 3 heterocycles. The molecule has 0 aliphatic carbocycles. The summed E-state index contributed by atoms with van der Waals surface area (Å²) in [5.74, 6) is 0.391. The van der Waals surface area contributed by atoms with Crippen LogP contribution in [0.5, 0.6) is 5.75 Å². The van der Waals surface area contributed by atoms with Crippen LogP contribution in [0.3, 0.4) is 0 Å². The van der Waals surface area contributed by atoms with Gasteiger partial charge in [0, 0.05) is 64.1 Å². The van der Waals surface area contributed by atoms with Gasteiger partial charge >= 0.3 is 5.69 Å². The lowest BCUT2D eigenvalue weighted by Crippen LogP contribution is -2.41. The molecule has 0 fully saturated rings. The number of phenols is 1. The summed E-state index contributed by atoms with van der Waals surface area (Å²) in [5.41, 5.74) is 1.60. The molecule has 42 heavy (non-hydrogen) atoms. The number of nitrogens with one attached hydrogen (secondary N) is 1. The highest BCUT2D eigenvalue weighted by Gasteiger charge is 2.22. The number of hydrogen-bond donors (Lipinski definition) is 3. The molecule has 0 bridgehead atoms. The molecule has 3 aromatic heterocycles. The molecule has 0 unspecified atom stereocenters. The summed E-state index contributed by atoms with van der Waals surface area (Å²) in [4.78, 5) is 54.2. The fourth-order valence-electron chi connectivity index (χ4n) is 5.05. The number of nitrogens with zero attached hydrogens (tertiary/aromatic N) is 7. The van der Waals surface area contributed by atoms with E-state index in [1.807, 2.05) is 18.4 Å². The Balaban J connectivity index is 1.84. The van der Waals surface area contributed by atoms with E-state index in [4.69, 9.17) is 4.98 Å². The van der Waals surface area contributed by atoms with Crippen LogP contribution in [0, 0.1) is 0 Å². The third kappa shape index (κ3) is 6.92. The van der Waals surface area contributed by atoms with Crippen LogP contribution in [-0.4, -0.2) is 75.9 Å². The zero-order valence-electron chi connectivity index (χ0n) is 24.3. The van der Waals surface area contributed by atoms with Gasteiger partial charge in [-0.1, -0.05) is 13.8 Å². The van der Waals surface area contributed by atoms with Crippen LogP contribution in [0.15, 0.2) is 46.5 Å². The number of imidazole rings is 1. The van der Waals surface area contributed by atoms with E-state index >= 15 is 0 Å². The number of benzene rings is 1. The monoisotopic (exact) mass is 578 g/mol. The molecule has 224 valence electrons. The molecule has 0 aliphatic heterocycles. The predicted octanol–water partition coefficient (Wildman–Crippen LogP) is 1.37. The van der Waals surface area contributed by atoms with Crippen LogP contribution in [-0.2, 0) is 37.3 Å². The number of fused-ring (bicyclic) bond motifs is 1. The molecule has 0 aliphatic rings. The molecule has 3 N–H and O–H groups in total. The lowest BCUT2D eigenvalue weighted by Gasteiger charge is -2.20. The Labute approximate surface area is 243 Å². The number of aromatic hydroxyl groups is 1. The largest absolute Gasteiger partial charge is 0.508 e. The first kappa shape index (κ1) is 30.6. The zero-order chi connectivity index (χ0) is 30.2. The maximum absolute atomic E-state index is 13.8. The number of aromatic nitrogens is 6. The third-order valence-corrected chi connectivity index (χ3v) is 7.12. The van der Waals surface area contributed by atoms with E-state index in [2.05, 4.69) is 20.2 Å². The van der Waals surface area contributed by atoms with E-state index in [0.29, 0.717) is 55.1 Å². The van der Waals surface area contributed by atoms with Gasteiger partial charge in [-0.05, 0) is 48.7 Å². The minimum Gasteiger partial charge on any atom is -0.508 e. The number of likely N-dealkylation sites (N-methyl/N-ethyl adjacent to an activating group) is 1. The van der Waals surface area contributed by atoms with Gasteiger partial charge in [0.1, 0.15) is 17.9 Å². The van der Waals surface area contributed by atoms with Crippen molar-refractivity contribution in [3.05, 3.63) is 74.7 Å². The smallest absolute Gasteiger partial charge is 0.332 e. The summed E-state index contributed by atoms with van der Waals surface area (Å²) in [5, 5.41) is 22.7. The molecule has 1 amide bonds. The van der Waals surface area contributed by atoms with Gasteiger partial charge in [-0.3, -0.25) is 23.6 Å². The summed E-state index contributed by atoms with van der Waals surface area (Å²) in [6, 6.07) is 4.77. The van der Waals surface area contributed by atoms with Crippen molar-refractivity contribution in [1.82, 2.24) is 33.6 Å². The number of rotatable bonds is 14. The fraction of sp³-hybridized carbons (Fsp3) is 0.448. The number of carbonyl (C=O) groups is 1. The number of carbonyl (C=O) groups excluding carboxylic acids is 1. The molecule has 0 spiro atoms. The Morgan fingerprint density at radius 3 is 2.45 bits per heavy atom. The Kier molecular flexibility index (Phi) is 10.2. The highest BCUT2D eigenvalue weighted by atomic mass is 16.3. The minimum absolute atomic E-state index is 0.0194. The number of aliphatic hydroxyl groups excluding tert-OH is 1. The third-order valence-electron chi connectivity index (χ3n) is 7.12. The molecule has 0 atom stereocenters. The fourth-order valence-corrected chi connectivity index (χ4v) is 5.05. The zero-order valence-corrected chi connectivity index (χ0v) is 24.3. The summed E-state index contributed by atoms with van der Waals surface area (Å²) < 4.78 is 4.60. The molecular formula is C29H38N8O5. The quantitative estimate of drug-likeness (QED) is 0.188. The van der Waals surface area contributed by atoms with E-state index in [1.54, 1.807) is 24.5 Å². The summed E-state index contributed by atoms with van der Waals surface area (Å²) in [6.45, 7) is 7.93. The van der Waals surface area contributed by atoms with Crippen LogP contribution in [0.2, 0.25) is 0 Å². The van der Waals surface area contributed by atoms with Gasteiger partial charge in [0.05, 0.1) is 6.61 Å². The molecule has 13 heteroatoms. The van der Waals surface area contributed by atoms with Gasteiger partial charge in [-0.25, -0.2) is 19.7 Å². The van der Waals surface area contributed by atoms with Crippen LogP contribution < -0.4 is 16.6 Å². The Hall–Kier alpha value is -4.36. The van der Waals surface area contributed by atoms with Crippen molar-refractivity contribution in [2.45, 2.75) is 59.7 Å². The molecule has 4 rings (SSSR count). The highest BCUT2D eigenvalue weighted by molar-refractivity contribution is 5.88. The van der Waals surface area contributed by atoms with Crippen LogP contribution >= 0.6 is 0 Å². The average molecular weight is 579 g/mol. The summed E-state index contributed by atoms with van der Waals surface area (Å²) in [6.07, 6.45) is 6.01. The first-order valence-corrected chi connectivity index (χ1v) is 14.2. The van der Waals surface area contributed by atoms with Crippen molar-refractivity contribution in [2.24, 2.45) is 0 Å². The van der Waals surface area contributed by atoms with E-state index in [-0.39, 0.29) is 43.4 Å². The van der Waals surface area contributed by atoms with Crippen molar-refractivity contribution in [3.63, 3.8) is 0 Å². The topological polar surface area (TPSA) is 160 Å². The van der Waals surface area contributed by atoms with Crippen molar-refractivity contribution in [1.29, 1.82) is 0 Å². The molecule has 13 nitrogen and oxygen atoms in total. The van der Waals surface area contributed by atoms with Crippen molar-refractivity contribution >= 4 is 22.8 Å². The van der Waals surface area contributed by atoms with Crippen LogP contribution in [0.4, 0.5) is 5.69 Å². The number of aliphatic hydroxyl groups is 1. The van der Waals surface area contributed by atoms with E-state index in [1.165, 1.54) is 28.5 Å². The maximum Gasteiger partial charge on any atom is 0.332 e. The Morgan fingerprint density at radius 2 is 1.79 bits per heavy atom. The van der Waals surface area contributed by atoms with Crippen molar-refractivity contribution in [2.75, 3.05) is 31.6 Å². The second-order valence-electron chi connectivity index (χ2n) is 10.1. The first-order chi connectivity index (χ1) is 20.3. The second-order valence-corrected chi connectivity index (χ2v) is 10.1. The van der Waals surface area contributed by atoms with Gasteiger partial charge in [0.2, 0.25) is 5.91 Å². The maximum atomic E-state index is 13.8. The normalized spacial score (nSPS) is 11.5. The van der Waals surface area contributed by atoms with E-state index in [9.17, 15) is 24.6 Å². The standard InChI is InChI=1S/C29H38N8O5/c1-4-9-37-28(41)26-27(36(29(37)42)10-8-22-16-23(32-20(3)39)6-7-24(22)40)33-25(15-21-17-30-19-31-18-21)35(26)12-11-34(5-2)13-14-38/h6-7,16-19,38,40H,4-5,8-15H2,1-3H3,(H,32,39). The van der Waals surface area contributed by atoms with Crippen LogP contribution in [0.1, 0.15) is 44.1 Å². The molecular weight excluding hydrogens is 540 g/mol. The Morgan fingerprint density at radius 1 is 1.02 bits per heavy atom. The predicted molar refractivity (Wildman–Crippen MR) is 159 cm³/mol. The van der Waals surface area contributed by atoms with E-state index < -0.39 is 11.2 Å². The van der Waals surface area contributed by atoms with Crippen molar-refractivity contribution < 1.29 is 15.0 Å². The highest BCUT2D eigenvalue weighted by Crippen LogP contribution is 2.23. The van der Waals surface area contributed by atoms with E-state index in [0.717, 1.165) is 12.1 Å². The SMILES string of the molecule is CCCn1c(=O)c2c(nc(Cc3cncnc3)n2CCN(CC)CCO)n(CCc2cc(NC(C)=O)ccc2O)c1=O. The molecule has 1 aromatic carbocycles. The first-order valence-electron chi connectivity index (χ1n) is 14.2. The molecule has 0 radical (unpaired) electrons. The minimum atomic E-state index is -0.471. The van der Waals surface area contributed by atoms with Crippen LogP contribution in [0.25, 0.3) is 11.2 Å². The lowest BCUT2D eigenvalue weighted by molar-refractivity contribution is -0.114. The summed E-state index contributed by atoms with van der Waals surface area (Å²) in [7, 11) is 0. The van der Waals surface area contributed by atoms with Gasteiger partial charge in [-0.15, -0.1) is 0 Å². The van der Waals surface area contributed by atoms with Gasteiger partial charge in [0.25, 0.3) is 5.56 Å². The number of anilines is 1. The van der Waals surface area contributed by atoms with Gasteiger partial charge in [0.15, 0.2) is 11.2 Å². The molecule has 0 saturated heterocycles. The van der Waals surface area contributed by atoms with Gasteiger partial charge < -0.3 is 20.1 Å². The Bertz CT molecular complexity index is 1640. The number of hydrogen-bond acceptors (Lipinski definition) is 9. The second kappa shape index (κ2) is 14.0. The number of aryl methyl sites for hydroxylation is 2. The lowest BCUT2D eigenvalue weighted by atomic mass is 10.1. The van der Waals surface area contributed by atoms with Crippen molar-refractivity contribution in [3.8, 4) is 5.75 Å². The van der Waals surface area contributed by atoms with Gasteiger partial charge in [-0.2, -0.15) is 0 Å². The molecule has 4 aromatic rings. The summed E-state index contributed by atoms with van der Waals surface area (Å²) >= 11 is 0. The number of phenolic OH excluding ortho intramolecular Hbond substituents is 1. The molecule has 0 saturated carbocycles.